The highest BCUT2D eigenvalue weighted by Gasteiger charge is 2.19. The van der Waals surface area contributed by atoms with Gasteiger partial charge in [0.25, 0.3) is 5.91 Å². The van der Waals surface area contributed by atoms with Gasteiger partial charge in [-0.1, -0.05) is 51.1 Å². The first-order valence-corrected chi connectivity index (χ1v) is 9.07. The minimum atomic E-state index is -0.859. The van der Waals surface area contributed by atoms with Crippen molar-refractivity contribution in [3.05, 3.63) is 65.2 Å². The van der Waals surface area contributed by atoms with Crippen LogP contribution in [-0.4, -0.2) is 25.6 Å². The Morgan fingerprint density at radius 3 is 2.34 bits per heavy atom. The Morgan fingerprint density at radius 2 is 1.76 bits per heavy atom. The molecule has 2 aromatic carbocycles. The summed E-state index contributed by atoms with van der Waals surface area (Å²) in [6.07, 6.45) is 1.40. The van der Waals surface area contributed by atoms with Crippen LogP contribution in [0.15, 0.2) is 54.1 Å². The van der Waals surface area contributed by atoms with Gasteiger partial charge in [0.1, 0.15) is 17.4 Å². The molecule has 150 valence electrons. The van der Waals surface area contributed by atoms with E-state index in [1.54, 1.807) is 43.5 Å². The second kappa shape index (κ2) is 9.56. The van der Waals surface area contributed by atoms with Crippen molar-refractivity contribution in [2.75, 3.05) is 19.0 Å². The molecular weight excluding hydrogens is 368 g/mol. The second-order valence-corrected chi connectivity index (χ2v) is 7.36. The van der Waals surface area contributed by atoms with Crippen LogP contribution >= 0.6 is 0 Å². The molecule has 0 bridgehead atoms. The topological polar surface area (TPSA) is 88.4 Å². The van der Waals surface area contributed by atoms with Gasteiger partial charge in [-0.25, -0.2) is 4.79 Å². The fraction of sp³-hybridized carbons (Fsp3) is 0.261. The summed E-state index contributed by atoms with van der Waals surface area (Å²) in [5.74, 6) is -0.671. The van der Waals surface area contributed by atoms with Crippen LogP contribution in [0.3, 0.4) is 0 Å². The number of nitrogens with zero attached hydrogens (tertiary/aromatic N) is 1. The summed E-state index contributed by atoms with van der Waals surface area (Å²) in [6.45, 7) is 5.64. The average Bonchev–Trinajstić information content (AvgIpc) is 2.70. The monoisotopic (exact) mass is 392 g/mol. The van der Waals surface area contributed by atoms with Crippen LogP contribution in [0.2, 0.25) is 0 Å². The summed E-state index contributed by atoms with van der Waals surface area (Å²) in [4.78, 5) is 24.4. The van der Waals surface area contributed by atoms with Gasteiger partial charge < -0.3 is 14.8 Å². The van der Waals surface area contributed by atoms with E-state index in [0.717, 1.165) is 5.56 Å². The molecule has 0 spiro atoms. The number of hydrogen-bond donors (Lipinski definition) is 1. The lowest BCUT2D eigenvalue weighted by Crippen LogP contribution is -2.23. The van der Waals surface area contributed by atoms with E-state index in [1.165, 1.54) is 6.08 Å². The highest BCUT2D eigenvalue weighted by atomic mass is 16.5. The van der Waals surface area contributed by atoms with Crippen LogP contribution in [0.4, 0.5) is 5.69 Å². The molecule has 0 unspecified atom stereocenters. The lowest BCUT2D eigenvalue weighted by Gasteiger charge is -2.22. The molecule has 6 nitrogen and oxygen atoms in total. The predicted molar refractivity (Wildman–Crippen MR) is 111 cm³/mol. The number of hydrogen-bond acceptors (Lipinski definition) is 5. The molecule has 6 heteroatoms. The van der Waals surface area contributed by atoms with Gasteiger partial charge in [-0.05, 0) is 40.8 Å². The summed E-state index contributed by atoms with van der Waals surface area (Å²) in [7, 11) is 1.55. The number of esters is 1. The lowest BCUT2D eigenvalue weighted by molar-refractivity contribution is -0.142. The first kappa shape index (κ1) is 21.7. The predicted octanol–water partition coefficient (Wildman–Crippen LogP) is 4.08. The van der Waals surface area contributed by atoms with Gasteiger partial charge >= 0.3 is 5.97 Å². The fourth-order valence-corrected chi connectivity index (χ4v) is 2.64. The number of carbonyl (C=O) groups is 2. The minimum absolute atomic E-state index is 0.157. The van der Waals surface area contributed by atoms with E-state index >= 15 is 0 Å². The Balaban J connectivity index is 2.01. The van der Waals surface area contributed by atoms with Crippen molar-refractivity contribution in [1.82, 2.24) is 0 Å². The number of methoxy groups -OCH3 is 1. The van der Waals surface area contributed by atoms with Crippen LogP contribution in [0.1, 0.15) is 31.9 Å². The largest absolute Gasteiger partial charge is 0.497 e. The number of carbonyl (C=O) groups excluding carboxylic acids is 2. The molecule has 0 atom stereocenters. The standard InChI is InChI=1S/C23H24N2O4/c1-23(2,3)19-7-5-6-8-20(19)25-21(26)15-29-22(27)17(14-24)13-16-9-11-18(28-4)12-10-16/h5-13H,15H2,1-4H3,(H,25,26)/b17-13+. The molecular formula is C23H24N2O4. The van der Waals surface area contributed by atoms with Gasteiger partial charge in [0.05, 0.1) is 7.11 Å². The summed E-state index contributed by atoms with van der Waals surface area (Å²) >= 11 is 0. The van der Waals surface area contributed by atoms with Crippen LogP contribution in [0, 0.1) is 11.3 Å². The fourth-order valence-electron chi connectivity index (χ4n) is 2.64. The Morgan fingerprint density at radius 1 is 1.10 bits per heavy atom. The second-order valence-electron chi connectivity index (χ2n) is 7.36. The summed E-state index contributed by atoms with van der Waals surface area (Å²) in [5, 5.41) is 12.0. The van der Waals surface area contributed by atoms with Crippen molar-refractivity contribution in [1.29, 1.82) is 5.26 Å². The zero-order chi connectivity index (χ0) is 21.4. The highest BCUT2D eigenvalue weighted by Crippen LogP contribution is 2.29. The molecule has 0 heterocycles. The Bertz CT molecular complexity index is 948. The van der Waals surface area contributed by atoms with Crippen LogP contribution in [0.25, 0.3) is 6.08 Å². The normalized spacial score (nSPS) is 11.3. The van der Waals surface area contributed by atoms with E-state index in [9.17, 15) is 14.9 Å². The number of para-hydroxylation sites is 1. The Kier molecular flexibility index (Phi) is 7.15. The van der Waals surface area contributed by atoms with E-state index in [0.29, 0.717) is 17.0 Å². The SMILES string of the molecule is COc1ccc(/C=C(\C#N)C(=O)OCC(=O)Nc2ccccc2C(C)(C)C)cc1. The Hall–Kier alpha value is -3.59. The van der Waals surface area contributed by atoms with Crippen LogP contribution in [-0.2, 0) is 19.7 Å². The summed E-state index contributed by atoms with van der Waals surface area (Å²) in [5.41, 5.74) is 1.92. The van der Waals surface area contributed by atoms with Gasteiger partial charge in [-0.2, -0.15) is 5.26 Å². The first-order valence-electron chi connectivity index (χ1n) is 9.07. The van der Waals surface area contributed by atoms with Crippen LogP contribution < -0.4 is 10.1 Å². The van der Waals surface area contributed by atoms with Gasteiger partial charge in [0, 0.05) is 5.69 Å². The number of nitrogens with one attached hydrogen (secondary N) is 1. The van der Waals surface area contributed by atoms with E-state index in [-0.39, 0.29) is 11.0 Å². The summed E-state index contributed by atoms with van der Waals surface area (Å²) < 4.78 is 10.1. The number of anilines is 1. The molecule has 2 rings (SSSR count). The lowest BCUT2D eigenvalue weighted by atomic mass is 9.86. The number of rotatable bonds is 6. The van der Waals surface area contributed by atoms with Crippen molar-refractivity contribution in [3.63, 3.8) is 0 Å². The van der Waals surface area contributed by atoms with E-state index < -0.39 is 18.5 Å². The van der Waals surface area contributed by atoms with Gasteiger partial charge in [0.2, 0.25) is 0 Å². The van der Waals surface area contributed by atoms with E-state index in [1.807, 2.05) is 39.0 Å². The summed E-state index contributed by atoms with van der Waals surface area (Å²) in [6, 6.07) is 16.1. The third kappa shape index (κ3) is 6.22. The molecule has 0 saturated carbocycles. The maximum atomic E-state index is 12.2. The molecule has 2 aromatic rings. The van der Waals surface area contributed by atoms with Crippen LogP contribution in [0.5, 0.6) is 5.75 Å². The zero-order valence-electron chi connectivity index (χ0n) is 17.0. The zero-order valence-corrected chi connectivity index (χ0v) is 17.0. The van der Waals surface area contributed by atoms with Crippen molar-refractivity contribution in [2.24, 2.45) is 0 Å². The molecule has 0 aliphatic carbocycles. The molecule has 0 fully saturated rings. The highest BCUT2D eigenvalue weighted by molar-refractivity contribution is 6.00. The first-order chi connectivity index (χ1) is 13.7. The molecule has 0 radical (unpaired) electrons. The molecule has 0 saturated heterocycles. The van der Waals surface area contributed by atoms with Crippen molar-refractivity contribution in [2.45, 2.75) is 26.2 Å². The van der Waals surface area contributed by atoms with Crippen molar-refractivity contribution < 1.29 is 19.1 Å². The van der Waals surface area contributed by atoms with Gasteiger partial charge in [-0.15, -0.1) is 0 Å². The molecule has 1 amide bonds. The van der Waals surface area contributed by atoms with Crippen molar-refractivity contribution >= 4 is 23.6 Å². The number of amides is 1. The van der Waals surface area contributed by atoms with Crippen molar-refractivity contribution in [3.8, 4) is 11.8 Å². The Labute approximate surface area is 170 Å². The maximum Gasteiger partial charge on any atom is 0.349 e. The molecule has 0 aliphatic heterocycles. The van der Waals surface area contributed by atoms with Gasteiger partial charge in [-0.3, -0.25) is 4.79 Å². The number of benzene rings is 2. The van der Waals surface area contributed by atoms with E-state index in [4.69, 9.17) is 9.47 Å². The number of ether oxygens (including phenoxy) is 2. The molecule has 29 heavy (non-hydrogen) atoms. The number of nitriles is 1. The van der Waals surface area contributed by atoms with E-state index in [2.05, 4.69) is 5.32 Å². The minimum Gasteiger partial charge on any atom is -0.497 e. The smallest absolute Gasteiger partial charge is 0.349 e. The quantitative estimate of drug-likeness (QED) is 0.455. The molecule has 0 aromatic heterocycles. The maximum absolute atomic E-state index is 12.2. The average molecular weight is 392 g/mol. The third-order valence-electron chi connectivity index (χ3n) is 4.11. The third-order valence-corrected chi connectivity index (χ3v) is 4.11. The van der Waals surface area contributed by atoms with Gasteiger partial charge in [0.15, 0.2) is 6.61 Å². The molecule has 0 aliphatic rings. The molecule has 1 N–H and O–H groups in total.